The molecule has 3 nitrogen and oxygen atoms in total. The monoisotopic (exact) mass is 290 g/mol. The van der Waals surface area contributed by atoms with Crippen LogP contribution in [-0.2, 0) is 5.41 Å². The van der Waals surface area contributed by atoms with Gasteiger partial charge in [0, 0.05) is 34.8 Å². The number of hydrogen-bond acceptors (Lipinski definition) is 3. The van der Waals surface area contributed by atoms with Gasteiger partial charge in [0.05, 0.1) is 7.11 Å². The van der Waals surface area contributed by atoms with Gasteiger partial charge in [-0.05, 0) is 18.6 Å². The molecule has 21 heavy (non-hydrogen) atoms. The Balaban J connectivity index is 2.74. The van der Waals surface area contributed by atoms with E-state index in [1.54, 1.807) is 7.11 Å². The highest BCUT2D eigenvalue weighted by Crippen LogP contribution is 2.34. The summed E-state index contributed by atoms with van der Waals surface area (Å²) >= 11 is 0. The average Bonchev–Trinajstić information content (AvgIpc) is 2.42. The Morgan fingerprint density at radius 1 is 1.24 bits per heavy atom. The summed E-state index contributed by atoms with van der Waals surface area (Å²) in [5, 5.41) is 4.12. The lowest BCUT2D eigenvalue weighted by Crippen LogP contribution is -2.15. The summed E-state index contributed by atoms with van der Waals surface area (Å²) in [6.07, 6.45) is 1.00. The Bertz CT molecular complexity index is 647. The van der Waals surface area contributed by atoms with E-state index in [0.29, 0.717) is 11.3 Å². The molecule has 1 aromatic heterocycles. The fraction of sp³-hybridized carbons (Fsp3) is 0.471. The number of aromatic nitrogens is 1. The van der Waals surface area contributed by atoms with E-state index < -0.39 is 0 Å². The van der Waals surface area contributed by atoms with Crippen molar-refractivity contribution in [3.05, 3.63) is 29.7 Å². The predicted octanol–water partition coefficient (Wildman–Crippen LogP) is 4.50. The van der Waals surface area contributed by atoms with Crippen LogP contribution >= 0.6 is 0 Å². The van der Waals surface area contributed by atoms with Gasteiger partial charge in [0.15, 0.2) is 0 Å². The van der Waals surface area contributed by atoms with Gasteiger partial charge in [-0.2, -0.15) is 0 Å². The number of halogens is 1. The Labute approximate surface area is 125 Å². The third-order valence-corrected chi connectivity index (χ3v) is 3.40. The average molecular weight is 290 g/mol. The first kappa shape index (κ1) is 15.5. The van der Waals surface area contributed by atoms with Crippen LogP contribution in [0.3, 0.4) is 0 Å². The van der Waals surface area contributed by atoms with Crippen LogP contribution in [0.4, 0.5) is 10.1 Å². The number of nitrogens with zero attached hydrogens (tertiary/aromatic N) is 1. The minimum absolute atomic E-state index is 0.0871. The highest BCUT2D eigenvalue weighted by atomic mass is 19.1. The first-order chi connectivity index (χ1) is 9.86. The van der Waals surface area contributed by atoms with Crippen molar-refractivity contribution in [3.63, 3.8) is 0 Å². The second-order valence-electron chi connectivity index (χ2n) is 6.24. The van der Waals surface area contributed by atoms with Gasteiger partial charge in [-0.1, -0.05) is 27.7 Å². The standard InChI is InChI=1S/C17H23FN2O/c1-6-7-19-13-10-15(17(2,3)4)20-16-12(13)8-11(18)9-14(16)21-5/h8-10H,6-7H2,1-5H3,(H,19,20). The number of ether oxygens (including phenoxy) is 1. The van der Waals surface area contributed by atoms with Gasteiger partial charge in [-0.15, -0.1) is 0 Å². The molecule has 0 amide bonds. The molecule has 4 heteroatoms. The number of benzene rings is 1. The molecular weight excluding hydrogens is 267 g/mol. The highest BCUT2D eigenvalue weighted by molar-refractivity contribution is 5.95. The van der Waals surface area contributed by atoms with Crippen LogP contribution < -0.4 is 10.1 Å². The molecule has 1 heterocycles. The van der Waals surface area contributed by atoms with Crippen molar-refractivity contribution in [3.8, 4) is 5.75 Å². The van der Waals surface area contributed by atoms with Crippen LogP contribution in [-0.4, -0.2) is 18.6 Å². The SMILES string of the molecule is CCCNc1cc(C(C)(C)C)nc2c(OC)cc(F)cc12. The van der Waals surface area contributed by atoms with Gasteiger partial charge in [0.2, 0.25) is 0 Å². The van der Waals surface area contributed by atoms with Crippen LogP contribution in [0.15, 0.2) is 18.2 Å². The quantitative estimate of drug-likeness (QED) is 0.900. The fourth-order valence-electron chi connectivity index (χ4n) is 2.21. The number of rotatable bonds is 4. The second-order valence-corrected chi connectivity index (χ2v) is 6.24. The minimum Gasteiger partial charge on any atom is -0.494 e. The zero-order valence-corrected chi connectivity index (χ0v) is 13.4. The fourth-order valence-corrected chi connectivity index (χ4v) is 2.21. The smallest absolute Gasteiger partial charge is 0.148 e. The largest absolute Gasteiger partial charge is 0.494 e. The van der Waals surface area contributed by atoms with E-state index in [4.69, 9.17) is 9.72 Å². The Hall–Kier alpha value is -1.84. The lowest BCUT2D eigenvalue weighted by molar-refractivity contribution is 0.415. The molecular formula is C17H23FN2O. The zero-order chi connectivity index (χ0) is 15.6. The van der Waals surface area contributed by atoms with Crippen LogP contribution in [0, 0.1) is 5.82 Å². The summed E-state index contributed by atoms with van der Waals surface area (Å²) < 4.78 is 19.1. The van der Waals surface area contributed by atoms with E-state index in [2.05, 4.69) is 33.0 Å². The van der Waals surface area contributed by atoms with E-state index in [9.17, 15) is 4.39 Å². The van der Waals surface area contributed by atoms with E-state index >= 15 is 0 Å². The third kappa shape index (κ3) is 3.26. The summed E-state index contributed by atoms with van der Waals surface area (Å²) in [6, 6.07) is 4.90. The first-order valence-corrected chi connectivity index (χ1v) is 7.29. The van der Waals surface area contributed by atoms with Gasteiger partial charge in [-0.25, -0.2) is 9.37 Å². The molecule has 0 saturated carbocycles. The summed E-state index contributed by atoms with van der Waals surface area (Å²) in [6.45, 7) is 9.27. The van der Waals surface area contributed by atoms with Gasteiger partial charge < -0.3 is 10.1 Å². The Morgan fingerprint density at radius 2 is 1.95 bits per heavy atom. The van der Waals surface area contributed by atoms with E-state index in [1.165, 1.54) is 12.1 Å². The molecule has 2 rings (SSSR count). The summed E-state index contributed by atoms with van der Waals surface area (Å²) in [5.41, 5.74) is 2.48. The molecule has 1 N–H and O–H groups in total. The van der Waals surface area contributed by atoms with Gasteiger partial charge >= 0.3 is 0 Å². The van der Waals surface area contributed by atoms with Crippen molar-refractivity contribution in [2.24, 2.45) is 0 Å². The molecule has 0 saturated heterocycles. The third-order valence-electron chi connectivity index (χ3n) is 3.40. The second kappa shape index (κ2) is 5.88. The number of anilines is 1. The van der Waals surface area contributed by atoms with Crippen molar-refractivity contribution in [2.45, 2.75) is 39.5 Å². The van der Waals surface area contributed by atoms with Crippen LogP contribution in [0.5, 0.6) is 5.75 Å². The number of fused-ring (bicyclic) bond motifs is 1. The van der Waals surface area contributed by atoms with Crippen molar-refractivity contribution in [1.29, 1.82) is 0 Å². The summed E-state index contributed by atoms with van der Waals surface area (Å²) in [7, 11) is 1.54. The lowest BCUT2D eigenvalue weighted by atomic mass is 9.90. The number of hydrogen-bond donors (Lipinski definition) is 1. The first-order valence-electron chi connectivity index (χ1n) is 7.29. The van der Waals surface area contributed by atoms with Crippen LogP contribution in [0.1, 0.15) is 39.8 Å². The van der Waals surface area contributed by atoms with Crippen molar-refractivity contribution in [2.75, 3.05) is 19.0 Å². The lowest BCUT2D eigenvalue weighted by Gasteiger charge is -2.21. The summed E-state index contributed by atoms with van der Waals surface area (Å²) in [5.74, 6) is 0.153. The van der Waals surface area contributed by atoms with E-state index in [-0.39, 0.29) is 11.2 Å². The topological polar surface area (TPSA) is 34.2 Å². The molecule has 0 aliphatic rings. The molecule has 0 aliphatic heterocycles. The number of pyridine rings is 1. The number of nitrogens with one attached hydrogen (secondary N) is 1. The van der Waals surface area contributed by atoms with Crippen LogP contribution in [0.25, 0.3) is 10.9 Å². The predicted molar refractivity (Wildman–Crippen MR) is 85.7 cm³/mol. The highest BCUT2D eigenvalue weighted by Gasteiger charge is 2.20. The molecule has 1 aromatic carbocycles. The molecule has 0 bridgehead atoms. The van der Waals surface area contributed by atoms with E-state index in [0.717, 1.165) is 29.7 Å². The van der Waals surface area contributed by atoms with Crippen molar-refractivity contribution < 1.29 is 9.13 Å². The van der Waals surface area contributed by atoms with Gasteiger partial charge in [0.25, 0.3) is 0 Å². The van der Waals surface area contributed by atoms with Crippen LogP contribution in [0.2, 0.25) is 0 Å². The maximum atomic E-state index is 13.8. The molecule has 2 aromatic rings. The van der Waals surface area contributed by atoms with Crippen molar-refractivity contribution in [1.82, 2.24) is 4.98 Å². The maximum Gasteiger partial charge on any atom is 0.148 e. The van der Waals surface area contributed by atoms with Gasteiger partial charge in [0.1, 0.15) is 17.1 Å². The normalized spacial score (nSPS) is 11.7. The molecule has 114 valence electrons. The maximum absolute atomic E-state index is 13.8. The molecule has 0 spiro atoms. The molecule has 0 atom stereocenters. The number of methoxy groups -OCH3 is 1. The molecule has 0 aliphatic carbocycles. The summed E-state index contributed by atoms with van der Waals surface area (Å²) in [4.78, 5) is 4.70. The Kier molecular flexibility index (Phi) is 4.35. The molecule has 0 unspecified atom stereocenters. The zero-order valence-electron chi connectivity index (χ0n) is 13.4. The molecule has 0 radical (unpaired) electrons. The minimum atomic E-state index is -0.316. The van der Waals surface area contributed by atoms with Gasteiger partial charge in [-0.3, -0.25) is 0 Å². The van der Waals surface area contributed by atoms with Crippen molar-refractivity contribution >= 4 is 16.6 Å². The van der Waals surface area contributed by atoms with E-state index in [1.807, 2.05) is 6.07 Å². The molecule has 0 fully saturated rings. The Morgan fingerprint density at radius 3 is 2.52 bits per heavy atom.